The van der Waals surface area contributed by atoms with Gasteiger partial charge in [0.05, 0.1) is 5.92 Å². The molecule has 8 heteroatoms. The first-order chi connectivity index (χ1) is 14.7. The average Bonchev–Trinajstić information content (AvgIpc) is 3.09. The lowest BCUT2D eigenvalue weighted by atomic mass is 10.1. The first-order valence-corrected chi connectivity index (χ1v) is 10.9. The van der Waals surface area contributed by atoms with Crippen LogP contribution in [0.4, 0.5) is 0 Å². The minimum atomic E-state index is -0.807. The van der Waals surface area contributed by atoms with E-state index in [1.54, 1.807) is 11.8 Å². The number of carbonyl (C=O) groups excluding carboxylic acids is 3. The van der Waals surface area contributed by atoms with Crippen LogP contribution < -0.4 is 15.6 Å². The van der Waals surface area contributed by atoms with Gasteiger partial charge in [-0.05, 0) is 49.6 Å². The monoisotopic (exact) mass is 487 g/mol. The van der Waals surface area contributed by atoms with Crippen molar-refractivity contribution in [3.05, 3.63) is 63.6 Å². The highest BCUT2D eigenvalue weighted by atomic mass is 79.9. The van der Waals surface area contributed by atoms with E-state index in [2.05, 4.69) is 26.8 Å². The minimum absolute atomic E-state index is 0.0757. The number of hydrogen-bond donors (Lipinski definition) is 2. The predicted molar refractivity (Wildman–Crippen MR) is 120 cm³/mol. The van der Waals surface area contributed by atoms with Gasteiger partial charge in [-0.15, -0.1) is 0 Å². The number of rotatable bonds is 6. The highest BCUT2D eigenvalue weighted by Gasteiger charge is 2.34. The molecule has 7 nitrogen and oxygen atoms in total. The maximum Gasteiger partial charge on any atom is 0.279 e. The van der Waals surface area contributed by atoms with Gasteiger partial charge in [0, 0.05) is 24.0 Å². The van der Waals surface area contributed by atoms with Crippen LogP contribution in [0.3, 0.4) is 0 Å². The van der Waals surface area contributed by atoms with Gasteiger partial charge in [0.2, 0.25) is 11.8 Å². The molecule has 1 aliphatic rings. The molecule has 164 valence electrons. The Balaban J connectivity index is 1.50. The summed E-state index contributed by atoms with van der Waals surface area (Å²) in [6, 6.07) is 13.4. The van der Waals surface area contributed by atoms with Crippen molar-refractivity contribution >= 4 is 33.7 Å². The number of halogens is 1. The van der Waals surface area contributed by atoms with Crippen molar-refractivity contribution in [2.75, 3.05) is 6.54 Å². The lowest BCUT2D eigenvalue weighted by Crippen LogP contribution is -2.49. The third kappa shape index (κ3) is 5.85. The van der Waals surface area contributed by atoms with Crippen LogP contribution in [0, 0.1) is 19.8 Å². The van der Waals surface area contributed by atoms with E-state index in [-0.39, 0.29) is 18.2 Å². The largest absolute Gasteiger partial charge is 0.480 e. The average molecular weight is 488 g/mol. The molecule has 2 unspecified atom stereocenters. The molecule has 3 rings (SSSR count). The molecule has 3 amide bonds. The van der Waals surface area contributed by atoms with E-state index in [1.165, 1.54) is 0 Å². The number of nitrogens with zero attached hydrogens (tertiary/aromatic N) is 1. The molecular weight excluding hydrogens is 462 g/mol. The van der Waals surface area contributed by atoms with E-state index >= 15 is 0 Å². The number of hydrazine groups is 1. The smallest absolute Gasteiger partial charge is 0.279 e. The first-order valence-electron chi connectivity index (χ1n) is 10.1. The van der Waals surface area contributed by atoms with Crippen LogP contribution in [0.25, 0.3) is 0 Å². The van der Waals surface area contributed by atoms with Gasteiger partial charge in [0.1, 0.15) is 5.75 Å². The number of likely N-dealkylation sites (tertiary alicyclic amines) is 1. The first kappa shape index (κ1) is 22.8. The van der Waals surface area contributed by atoms with Crippen molar-refractivity contribution < 1.29 is 19.1 Å². The zero-order valence-corrected chi connectivity index (χ0v) is 19.4. The van der Waals surface area contributed by atoms with Crippen LogP contribution in [0.1, 0.15) is 30.0 Å². The predicted octanol–water partition coefficient (Wildman–Crippen LogP) is 3.03. The van der Waals surface area contributed by atoms with Gasteiger partial charge < -0.3 is 9.64 Å². The maximum atomic E-state index is 12.5. The number of nitrogens with one attached hydrogen (secondary N) is 2. The summed E-state index contributed by atoms with van der Waals surface area (Å²) in [4.78, 5) is 38.8. The molecule has 1 saturated heterocycles. The van der Waals surface area contributed by atoms with Gasteiger partial charge in [-0.1, -0.05) is 46.3 Å². The summed E-state index contributed by atoms with van der Waals surface area (Å²) in [6.45, 7) is 6.20. The van der Waals surface area contributed by atoms with E-state index in [0.29, 0.717) is 18.8 Å². The summed E-state index contributed by atoms with van der Waals surface area (Å²) in [5, 5.41) is 0. The number of hydrogen-bond acceptors (Lipinski definition) is 4. The second-order valence-corrected chi connectivity index (χ2v) is 8.68. The number of ether oxygens (including phenoxy) is 1. The molecule has 0 aliphatic carbocycles. The molecule has 0 bridgehead atoms. The van der Waals surface area contributed by atoms with E-state index in [1.807, 2.05) is 56.3 Å². The maximum absolute atomic E-state index is 12.5. The lowest BCUT2D eigenvalue weighted by molar-refractivity contribution is -0.134. The van der Waals surface area contributed by atoms with E-state index in [0.717, 1.165) is 21.2 Å². The molecule has 2 atom stereocenters. The summed E-state index contributed by atoms with van der Waals surface area (Å²) in [7, 11) is 0. The number of benzene rings is 2. The van der Waals surface area contributed by atoms with Crippen molar-refractivity contribution in [2.24, 2.45) is 5.92 Å². The lowest BCUT2D eigenvalue weighted by Gasteiger charge is -2.19. The molecule has 2 aromatic rings. The van der Waals surface area contributed by atoms with Gasteiger partial charge in [-0.3, -0.25) is 25.2 Å². The van der Waals surface area contributed by atoms with Gasteiger partial charge in [0.25, 0.3) is 5.91 Å². The SMILES string of the molecule is Cc1cc(Br)cc(C)c1OC(C)C(=O)NNC(=O)C1CC(=O)N(Cc2ccccc2)C1. The van der Waals surface area contributed by atoms with Crippen molar-refractivity contribution in [3.8, 4) is 5.75 Å². The fraction of sp³-hybridized carbons (Fsp3) is 0.348. The molecule has 0 spiro atoms. The van der Waals surface area contributed by atoms with Crippen LogP contribution in [-0.2, 0) is 20.9 Å². The topological polar surface area (TPSA) is 87.7 Å². The second kappa shape index (κ2) is 9.96. The van der Waals surface area contributed by atoms with Crippen LogP contribution in [-0.4, -0.2) is 35.3 Å². The highest BCUT2D eigenvalue weighted by Crippen LogP contribution is 2.28. The molecule has 0 aromatic heterocycles. The second-order valence-electron chi connectivity index (χ2n) is 7.77. The Bertz CT molecular complexity index is 957. The standard InChI is InChI=1S/C23H26BrN3O4/c1-14-9-19(24)10-15(2)21(14)31-16(3)22(29)25-26-23(30)18-11-20(28)27(13-18)12-17-7-5-4-6-8-17/h4-10,16,18H,11-13H2,1-3H3,(H,25,29)(H,26,30). The van der Waals surface area contributed by atoms with Gasteiger partial charge in [-0.25, -0.2) is 0 Å². The Morgan fingerprint density at radius 3 is 2.45 bits per heavy atom. The molecule has 1 heterocycles. The molecule has 2 N–H and O–H groups in total. The Morgan fingerprint density at radius 2 is 1.81 bits per heavy atom. The van der Waals surface area contributed by atoms with E-state index < -0.39 is 17.9 Å². The zero-order chi connectivity index (χ0) is 22.5. The van der Waals surface area contributed by atoms with Crippen molar-refractivity contribution in [3.63, 3.8) is 0 Å². The van der Waals surface area contributed by atoms with Gasteiger partial charge >= 0.3 is 0 Å². The summed E-state index contributed by atoms with van der Waals surface area (Å²) in [5.74, 6) is -0.812. The summed E-state index contributed by atoms with van der Waals surface area (Å²) in [5.41, 5.74) is 7.65. The molecule has 1 aliphatic heterocycles. The van der Waals surface area contributed by atoms with Crippen LogP contribution in [0.2, 0.25) is 0 Å². The van der Waals surface area contributed by atoms with Crippen molar-refractivity contribution in [2.45, 2.75) is 39.8 Å². The van der Waals surface area contributed by atoms with Crippen LogP contribution >= 0.6 is 15.9 Å². The minimum Gasteiger partial charge on any atom is -0.480 e. The molecule has 0 saturated carbocycles. The van der Waals surface area contributed by atoms with Crippen LogP contribution in [0.15, 0.2) is 46.9 Å². The molecule has 31 heavy (non-hydrogen) atoms. The zero-order valence-electron chi connectivity index (χ0n) is 17.8. The molecule has 1 fully saturated rings. The summed E-state index contributed by atoms with van der Waals surface area (Å²) >= 11 is 3.43. The molecule has 2 aromatic carbocycles. The number of aryl methyl sites for hydroxylation is 2. The fourth-order valence-electron chi connectivity index (χ4n) is 3.54. The fourth-order valence-corrected chi connectivity index (χ4v) is 4.23. The van der Waals surface area contributed by atoms with E-state index in [9.17, 15) is 14.4 Å². The summed E-state index contributed by atoms with van der Waals surface area (Å²) < 4.78 is 6.74. The van der Waals surface area contributed by atoms with Gasteiger partial charge in [0.15, 0.2) is 6.10 Å². The normalized spacial score (nSPS) is 16.7. The highest BCUT2D eigenvalue weighted by molar-refractivity contribution is 9.10. The number of amides is 3. The summed E-state index contributed by atoms with van der Waals surface area (Å²) in [6.07, 6.45) is -0.684. The van der Waals surface area contributed by atoms with Gasteiger partial charge in [-0.2, -0.15) is 0 Å². The Labute approximate surface area is 190 Å². The van der Waals surface area contributed by atoms with Crippen molar-refractivity contribution in [1.29, 1.82) is 0 Å². The Hall–Kier alpha value is -2.87. The third-order valence-electron chi connectivity index (χ3n) is 5.20. The van der Waals surface area contributed by atoms with Crippen molar-refractivity contribution in [1.82, 2.24) is 15.8 Å². The Kier molecular flexibility index (Phi) is 7.33. The van der Waals surface area contributed by atoms with E-state index in [4.69, 9.17) is 4.74 Å². The quantitative estimate of drug-likeness (QED) is 0.613. The Morgan fingerprint density at radius 1 is 1.16 bits per heavy atom. The molecule has 0 radical (unpaired) electrons. The number of carbonyl (C=O) groups is 3. The van der Waals surface area contributed by atoms with Crippen LogP contribution in [0.5, 0.6) is 5.75 Å². The third-order valence-corrected chi connectivity index (χ3v) is 5.66. The molecular formula is C23H26BrN3O4.